The second-order valence-electron chi connectivity index (χ2n) is 7.86. The first-order valence-corrected chi connectivity index (χ1v) is 10.8. The molecule has 30 heavy (non-hydrogen) atoms. The summed E-state index contributed by atoms with van der Waals surface area (Å²) in [6, 6.07) is 14.1. The lowest BCUT2D eigenvalue weighted by molar-refractivity contribution is 0.416. The normalized spacial score (nSPS) is 15.0. The summed E-state index contributed by atoms with van der Waals surface area (Å²) in [4.78, 5) is 7.32. The number of methoxy groups -OCH3 is 1. The minimum atomic E-state index is 0.444. The van der Waals surface area contributed by atoms with Crippen LogP contribution in [-0.4, -0.2) is 39.8 Å². The molecule has 1 aliphatic rings. The lowest BCUT2D eigenvalue weighted by atomic mass is 9.95. The standard InChI is InChI=1S/C23H24ClN5O/c1-28(16-8-4-3-5-9-16)23-25-19-14-15(24)12-13-17(19)21-26-27-22(29(21)23)18-10-6-7-11-20(18)30-2/h6-7,10-14,16H,3-5,8-9H2,1-2H3. The Labute approximate surface area is 180 Å². The largest absolute Gasteiger partial charge is 0.496 e. The number of hydrogen-bond donors (Lipinski definition) is 0. The molecule has 0 bridgehead atoms. The van der Waals surface area contributed by atoms with Crippen LogP contribution in [0.2, 0.25) is 5.02 Å². The van der Waals surface area contributed by atoms with Gasteiger partial charge in [-0.2, -0.15) is 0 Å². The van der Waals surface area contributed by atoms with Crippen LogP contribution in [0.4, 0.5) is 5.95 Å². The Morgan fingerprint density at radius 2 is 1.87 bits per heavy atom. The van der Waals surface area contributed by atoms with Gasteiger partial charge in [0.1, 0.15) is 5.75 Å². The number of anilines is 1. The first-order valence-electron chi connectivity index (χ1n) is 10.4. The van der Waals surface area contributed by atoms with Crippen LogP contribution in [0, 0.1) is 0 Å². The fraction of sp³-hybridized carbons (Fsp3) is 0.348. The predicted molar refractivity (Wildman–Crippen MR) is 121 cm³/mol. The molecule has 4 aromatic rings. The van der Waals surface area contributed by atoms with Gasteiger partial charge in [0.15, 0.2) is 11.5 Å². The van der Waals surface area contributed by atoms with Gasteiger partial charge >= 0.3 is 0 Å². The Hall–Kier alpha value is -2.86. The monoisotopic (exact) mass is 421 g/mol. The van der Waals surface area contributed by atoms with Crippen LogP contribution in [0.25, 0.3) is 27.9 Å². The fourth-order valence-electron chi connectivity index (χ4n) is 4.46. The fourth-order valence-corrected chi connectivity index (χ4v) is 4.63. The molecule has 2 aromatic carbocycles. The Morgan fingerprint density at radius 3 is 2.67 bits per heavy atom. The van der Waals surface area contributed by atoms with Crippen LogP contribution in [0.15, 0.2) is 42.5 Å². The highest BCUT2D eigenvalue weighted by Crippen LogP contribution is 2.35. The van der Waals surface area contributed by atoms with Gasteiger partial charge in [0.05, 0.1) is 18.2 Å². The van der Waals surface area contributed by atoms with E-state index >= 15 is 0 Å². The van der Waals surface area contributed by atoms with Crippen LogP contribution in [-0.2, 0) is 0 Å². The van der Waals surface area contributed by atoms with E-state index in [1.165, 1.54) is 32.1 Å². The molecule has 0 saturated heterocycles. The summed E-state index contributed by atoms with van der Waals surface area (Å²) in [6.07, 6.45) is 6.14. The number of hydrogen-bond acceptors (Lipinski definition) is 5. The summed E-state index contributed by atoms with van der Waals surface area (Å²) < 4.78 is 7.66. The van der Waals surface area contributed by atoms with E-state index in [1.54, 1.807) is 7.11 Å². The van der Waals surface area contributed by atoms with Crippen LogP contribution in [0.1, 0.15) is 32.1 Å². The van der Waals surface area contributed by atoms with E-state index in [1.807, 2.05) is 42.5 Å². The Kier molecular flexibility index (Phi) is 4.95. The first kappa shape index (κ1) is 19.1. The van der Waals surface area contributed by atoms with E-state index < -0.39 is 0 Å². The van der Waals surface area contributed by atoms with Crippen molar-refractivity contribution in [3.05, 3.63) is 47.5 Å². The Balaban J connectivity index is 1.79. The zero-order chi connectivity index (χ0) is 20.7. The second-order valence-corrected chi connectivity index (χ2v) is 8.30. The number of para-hydroxylation sites is 1. The van der Waals surface area contributed by atoms with E-state index in [2.05, 4.69) is 26.5 Å². The van der Waals surface area contributed by atoms with Crippen LogP contribution in [0.5, 0.6) is 5.75 Å². The van der Waals surface area contributed by atoms with Gasteiger partial charge in [-0.1, -0.05) is 43.0 Å². The number of halogens is 1. The Bertz CT molecular complexity index is 1220. The van der Waals surface area contributed by atoms with Gasteiger partial charge in [0, 0.05) is 23.5 Å². The number of ether oxygens (including phenoxy) is 1. The summed E-state index contributed by atoms with van der Waals surface area (Å²) >= 11 is 6.28. The summed E-state index contributed by atoms with van der Waals surface area (Å²) in [6.45, 7) is 0. The molecule has 1 aliphatic carbocycles. The highest BCUT2D eigenvalue weighted by Gasteiger charge is 2.25. The highest BCUT2D eigenvalue weighted by atomic mass is 35.5. The third-order valence-electron chi connectivity index (χ3n) is 6.07. The van der Waals surface area contributed by atoms with Gasteiger partial charge in [-0.05, 0) is 43.2 Å². The lowest BCUT2D eigenvalue weighted by Gasteiger charge is -2.32. The van der Waals surface area contributed by atoms with Gasteiger partial charge < -0.3 is 9.64 Å². The van der Waals surface area contributed by atoms with Crippen molar-refractivity contribution < 1.29 is 4.74 Å². The third kappa shape index (κ3) is 3.16. The lowest BCUT2D eigenvalue weighted by Crippen LogP contribution is -2.35. The maximum atomic E-state index is 6.28. The molecule has 154 valence electrons. The number of fused-ring (bicyclic) bond motifs is 3. The number of rotatable bonds is 4. The van der Waals surface area contributed by atoms with Crippen molar-refractivity contribution in [3.8, 4) is 17.1 Å². The van der Waals surface area contributed by atoms with Crippen molar-refractivity contribution in [2.45, 2.75) is 38.1 Å². The van der Waals surface area contributed by atoms with Crippen molar-refractivity contribution in [1.29, 1.82) is 0 Å². The third-order valence-corrected chi connectivity index (χ3v) is 6.31. The molecule has 1 fully saturated rings. The smallest absolute Gasteiger partial charge is 0.213 e. The molecule has 0 radical (unpaired) electrons. The molecular weight excluding hydrogens is 398 g/mol. The number of benzene rings is 2. The summed E-state index contributed by atoms with van der Waals surface area (Å²) in [7, 11) is 3.80. The predicted octanol–water partition coefficient (Wildman–Crippen LogP) is 5.38. The van der Waals surface area contributed by atoms with Crippen molar-refractivity contribution in [3.63, 3.8) is 0 Å². The molecule has 6 nitrogen and oxygen atoms in total. The van der Waals surface area contributed by atoms with Crippen LogP contribution in [0.3, 0.4) is 0 Å². The van der Waals surface area contributed by atoms with E-state index in [0.717, 1.165) is 39.6 Å². The van der Waals surface area contributed by atoms with Gasteiger partial charge in [-0.25, -0.2) is 9.38 Å². The Morgan fingerprint density at radius 1 is 1.07 bits per heavy atom. The maximum absolute atomic E-state index is 6.28. The number of nitrogens with zero attached hydrogens (tertiary/aromatic N) is 5. The van der Waals surface area contributed by atoms with E-state index in [9.17, 15) is 0 Å². The van der Waals surface area contributed by atoms with Crippen molar-refractivity contribution >= 4 is 34.1 Å². The quantitative estimate of drug-likeness (QED) is 0.443. The van der Waals surface area contributed by atoms with E-state index in [0.29, 0.717) is 11.1 Å². The van der Waals surface area contributed by atoms with E-state index in [-0.39, 0.29) is 0 Å². The molecule has 1 saturated carbocycles. The molecule has 0 unspecified atom stereocenters. The van der Waals surface area contributed by atoms with Gasteiger partial charge in [-0.15, -0.1) is 10.2 Å². The van der Waals surface area contributed by atoms with Crippen molar-refractivity contribution in [2.24, 2.45) is 0 Å². The first-order chi connectivity index (χ1) is 14.7. The zero-order valence-electron chi connectivity index (χ0n) is 17.2. The highest BCUT2D eigenvalue weighted by molar-refractivity contribution is 6.31. The van der Waals surface area contributed by atoms with E-state index in [4.69, 9.17) is 21.3 Å². The summed E-state index contributed by atoms with van der Waals surface area (Å²) in [5, 5.41) is 10.7. The topological polar surface area (TPSA) is 55.6 Å². The summed E-state index contributed by atoms with van der Waals surface area (Å²) in [5.74, 6) is 2.32. The molecule has 2 heterocycles. The van der Waals surface area contributed by atoms with Crippen molar-refractivity contribution in [2.75, 3.05) is 19.1 Å². The average Bonchev–Trinajstić information content (AvgIpc) is 3.23. The van der Waals surface area contributed by atoms with Gasteiger partial charge in [0.2, 0.25) is 5.95 Å². The van der Waals surface area contributed by atoms with Crippen LogP contribution < -0.4 is 9.64 Å². The molecule has 0 N–H and O–H groups in total. The SMILES string of the molecule is COc1ccccc1-c1nnc2c3ccc(Cl)cc3nc(N(C)C3CCCCC3)n12. The molecule has 0 amide bonds. The van der Waals surface area contributed by atoms with Gasteiger partial charge in [0.25, 0.3) is 0 Å². The minimum Gasteiger partial charge on any atom is -0.496 e. The second kappa shape index (κ2) is 7.76. The molecule has 0 atom stereocenters. The molecule has 7 heteroatoms. The molecule has 2 aromatic heterocycles. The summed E-state index contributed by atoms with van der Waals surface area (Å²) in [5.41, 5.74) is 2.49. The zero-order valence-corrected chi connectivity index (χ0v) is 17.9. The molecule has 5 rings (SSSR count). The maximum Gasteiger partial charge on any atom is 0.213 e. The van der Waals surface area contributed by atoms with Crippen LogP contribution >= 0.6 is 11.6 Å². The van der Waals surface area contributed by atoms with Crippen molar-refractivity contribution in [1.82, 2.24) is 19.6 Å². The number of aromatic nitrogens is 4. The molecular formula is C23H24ClN5O. The average molecular weight is 422 g/mol. The minimum absolute atomic E-state index is 0.444. The molecule has 0 aliphatic heterocycles. The molecule has 0 spiro atoms. The van der Waals surface area contributed by atoms with Gasteiger partial charge in [-0.3, -0.25) is 0 Å².